The molecule has 0 atom stereocenters. The molecule has 0 aliphatic heterocycles. The lowest BCUT2D eigenvalue weighted by molar-refractivity contribution is -0.0201. The topological polar surface area (TPSA) is 56.0 Å². The van der Waals surface area contributed by atoms with Crippen LogP contribution in [0.3, 0.4) is 0 Å². The van der Waals surface area contributed by atoms with E-state index in [1.807, 2.05) is 0 Å². The Bertz CT molecular complexity index is 435. The molecule has 4 heteroatoms. The molecule has 1 aliphatic carbocycles. The fraction of sp³-hybridized carbons (Fsp3) is 0.417. The molecule has 1 saturated carbocycles. The molecule has 2 rings (SSSR count). The number of halogens is 1. The second-order valence-electron chi connectivity index (χ2n) is 4.21. The Labute approximate surface area is 99.7 Å². The second kappa shape index (κ2) is 4.32. The zero-order valence-corrected chi connectivity index (χ0v) is 9.59. The first-order valence-electron chi connectivity index (χ1n) is 5.29. The maximum atomic E-state index is 9.94. The Morgan fingerprint density at radius 3 is 2.81 bits per heavy atom. The van der Waals surface area contributed by atoms with Gasteiger partial charge >= 0.3 is 0 Å². The van der Waals surface area contributed by atoms with Gasteiger partial charge in [-0.3, -0.25) is 0 Å². The van der Waals surface area contributed by atoms with E-state index in [4.69, 9.17) is 16.9 Å². The number of rotatable bonds is 3. The summed E-state index contributed by atoms with van der Waals surface area (Å²) < 4.78 is 0. The van der Waals surface area contributed by atoms with Crippen LogP contribution in [0.4, 0.5) is 5.69 Å². The number of nitriles is 1. The molecule has 1 aromatic rings. The normalized spacial score (nSPS) is 17.3. The molecule has 0 radical (unpaired) electrons. The smallest absolute Gasteiger partial charge is 0.101 e. The number of anilines is 1. The van der Waals surface area contributed by atoms with E-state index in [1.165, 1.54) is 0 Å². The predicted molar refractivity (Wildman–Crippen MR) is 63.5 cm³/mol. The van der Waals surface area contributed by atoms with Gasteiger partial charge in [0.25, 0.3) is 0 Å². The van der Waals surface area contributed by atoms with E-state index in [-0.39, 0.29) is 0 Å². The molecule has 16 heavy (non-hydrogen) atoms. The van der Waals surface area contributed by atoms with Crippen LogP contribution >= 0.6 is 11.6 Å². The Morgan fingerprint density at radius 2 is 2.25 bits per heavy atom. The highest BCUT2D eigenvalue weighted by molar-refractivity contribution is 6.33. The van der Waals surface area contributed by atoms with Crippen LogP contribution in [0.15, 0.2) is 18.2 Å². The minimum Gasteiger partial charge on any atom is -0.388 e. The first kappa shape index (κ1) is 11.3. The standard InChI is InChI=1S/C12H13ClN2O/c13-10-4-1-3-9(7-14)11(10)15-8-12(16)5-2-6-12/h1,3-4,15-16H,2,5-6,8H2. The van der Waals surface area contributed by atoms with E-state index in [2.05, 4.69) is 11.4 Å². The van der Waals surface area contributed by atoms with Gasteiger partial charge < -0.3 is 10.4 Å². The van der Waals surface area contributed by atoms with Crippen molar-refractivity contribution in [1.82, 2.24) is 0 Å². The summed E-state index contributed by atoms with van der Waals surface area (Å²) in [6.45, 7) is 0.450. The molecular weight excluding hydrogens is 224 g/mol. The summed E-state index contributed by atoms with van der Waals surface area (Å²) in [6.07, 6.45) is 2.69. The monoisotopic (exact) mass is 236 g/mol. The summed E-state index contributed by atoms with van der Waals surface area (Å²) in [5, 5.41) is 22.5. The van der Waals surface area contributed by atoms with Crippen LogP contribution in [0, 0.1) is 11.3 Å². The van der Waals surface area contributed by atoms with Crippen LogP contribution in [-0.4, -0.2) is 17.3 Å². The lowest BCUT2D eigenvalue weighted by Gasteiger charge is -2.37. The summed E-state index contributed by atoms with van der Waals surface area (Å²) in [6, 6.07) is 7.26. The quantitative estimate of drug-likeness (QED) is 0.848. The molecule has 84 valence electrons. The van der Waals surface area contributed by atoms with Gasteiger partial charge in [0.05, 0.1) is 21.9 Å². The van der Waals surface area contributed by atoms with Crippen LogP contribution in [0.5, 0.6) is 0 Å². The van der Waals surface area contributed by atoms with Crippen molar-refractivity contribution >= 4 is 17.3 Å². The average Bonchev–Trinajstić information content (AvgIpc) is 2.24. The summed E-state index contributed by atoms with van der Waals surface area (Å²) in [5.41, 5.74) is 0.508. The molecule has 0 saturated heterocycles. The van der Waals surface area contributed by atoms with Crippen LogP contribution in [0.25, 0.3) is 0 Å². The predicted octanol–water partition coefficient (Wildman–Crippen LogP) is 2.54. The summed E-state index contributed by atoms with van der Waals surface area (Å²) in [4.78, 5) is 0. The SMILES string of the molecule is N#Cc1cccc(Cl)c1NCC1(O)CCC1. The van der Waals surface area contributed by atoms with Crippen molar-refractivity contribution in [1.29, 1.82) is 5.26 Å². The van der Waals surface area contributed by atoms with Crippen molar-refractivity contribution in [2.24, 2.45) is 0 Å². The van der Waals surface area contributed by atoms with Gasteiger partial charge in [0.1, 0.15) is 6.07 Å². The summed E-state index contributed by atoms with van der Waals surface area (Å²) in [7, 11) is 0. The molecule has 0 amide bonds. The first-order chi connectivity index (χ1) is 7.64. The minimum absolute atomic E-state index is 0.450. The third-order valence-electron chi connectivity index (χ3n) is 3.01. The van der Waals surface area contributed by atoms with E-state index in [1.54, 1.807) is 18.2 Å². The van der Waals surface area contributed by atoms with Crippen LogP contribution in [0.1, 0.15) is 24.8 Å². The zero-order valence-electron chi connectivity index (χ0n) is 8.83. The van der Waals surface area contributed by atoms with Crippen LogP contribution in [0.2, 0.25) is 5.02 Å². The lowest BCUT2D eigenvalue weighted by Crippen LogP contribution is -2.43. The third kappa shape index (κ3) is 2.13. The number of para-hydroxylation sites is 1. The first-order valence-corrected chi connectivity index (χ1v) is 5.67. The van der Waals surface area contributed by atoms with Crippen molar-refractivity contribution in [3.63, 3.8) is 0 Å². The largest absolute Gasteiger partial charge is 0.388 e. The number of nitrogens with zero attached hydrogens (tertiary/aromatic N) is 1. The van der Waals surface area contributed by atoms with Crippen molar-refractivity contribution in [2.45, 2.75) is 24.9 Å². The third-order valence-corrected chi connectivity index (χ3v) is 3.33. The number of aliphatic hydroxyl groups is 1. The molecule has 0 unspecified atom stereocenters. The Hall–Kier alpha value is -1.24. The molecule has 3 nitrogen and oxygen atoms in total. The molecule has 0 aromatic heterocycles. The Balaban J connectivity index is 2.12. The van der Waals surface area contributed by atoms with E-state index in [9.17, 15) is 5.11 Å². The fourth-order valence-electron chi connectivity index (χ4n) is 1.81. The van der Waals surface area contributed by atoms with Crippen molar-refractivity contribution in [2.75, 3.05) is 11.9 Å². The lowest BCUT2D eigenvalue weighted by atomic mass is 9.80. The van der Waals surface area contributed by atoms with Crippen molar-refractivity contribution in [3.05, 3.63) is 28.8 Å². The molecule has 1 fully saturated rings. The van der Waals surface area contributed by atoms with E-state index in [0.29, 0.717) is 22.8 Å². The maximum Gasteiger partial charge on any atom is 0.101 e. The summed E-state index contributed by atoms with van der Waals surface area (Å²) >= 11 is 6.00. The fourth-order valence-corrected chi connectivity index (χ4v) is 2.05. The van der Waals surface area contributed by atoms with Gasteiger partial charge in [-0.15, -0.1) is 0 Å². The molecule has 0 heterocycles. The Kier molecular flexibility index (Phi) is 3.04. The second-order valence-corrected chi connectivity index (χ2v) is 4.61. The van der Waals surface area contributed by atoms with Crippen molar-refractivity contribution < 1.29 is 5.11 Å². The number of nitrogens with one attached hydrogen (secondary N) is 1. The van der Waals surface area contributed by atoms with E-state index >= 15 is 0 Å². The highest BCUT2D eigenvalue weighted by Gasteiger charge is 2.34. The summed E-state index contributed by atoms with van der Waals surface area (Å²) in [5.74, 6) is 0. The molecule has 1 aliphatic rings. The van der Waals surface area contributed by atoms with Crippen LogP contribution in [-0.2, 0) is 0 Å². The Morgan fingerprint density at radius 1 is 1.50 bits per heavy atom. The maximum absolute atomic E-state index is 9.94. The van der Waals surface area contributed by atoms with Gasteiger partial charge in [0, 0.05) is 6.54 Å². The van der Waals surface area contributed by atoms with Crippen LogP contribution < -0.4 is 5.32 Å². The van der Waals surface area contributed by atoms with Gasteiger partial charge in [0.15, 0.2) is 0 Å². The number of hydrogen-bond acceptors (Lipinski definition) is 3. The van der Waals surface area contributed by atoms with Crippen molar-refractivity contribution in [3.8, 4) is 6.07 Å². The van der Waals surface area contributed by atoms with Gasteiger partial charge in [-0.05, 0) is 31.4 Å². The highest BCUT2D eigenvalue weighted by atomic mass is 35.5. The molecule has 2 N–H and O–H groups in total. The molecule has 0 spiro atoms. The average molecular weight is 237 g/mol. The molecule has 1 aromatic carbocycles. The number of hydrogen-bond donors (Lipinski definition) is 2. The van der Waals surface area contributed by atoms with Gasteiger partial charge in [-0.1, -0.05) is 17.7 Å². The highest BCUT2D eigenvalue weighted by Crippen LogP contribution is 2.33. The minimum atomic E-state index is -0.619. The van der Waals surface area contributed by atoms with E-state index < -0.39 is 5.60 Å². The van der Waals surface area contributed by atoms with Gasteiger partial charge in [-0.25, -0.2) is 0 Å². The van der Waals surface area contributed by atoms with Gasteiger partial charge in [-0.2, -0.15) is 5.26 Å². The number of benzene rings is 1. The van der Waals surface area contributed by atoms with E-state index in [0.717, 1.165) is 19.3 Å². The molecule has 0 bridgehead atoms. The van der Waals surface area contributed by atoms with Gasteiger partial charge in [0.2, 0.25) is 0 Å². The zero-order chi connectivity index (χ0) is 11.6. The molecular formula is C12H13ClN2O.